The zero-order valence-corrected chi connectivity index (χ0v) is 33.2. The average Bonchev–Trinajstić information content (AvgIpc) is 3.49. The Morgan fingerprint density at radius 1 is 1.34 bits per heavy atom. The number of carbonyl (C=O) groups excluding carboxylic acids is 2. The topological polar surface area (TPSA) is 146 Å². The third-order valence-corrected chi connectivity index (χ3v) is 12.1. The number of aliphatic hydroxyl groups excluding tert-OH is 1. The van der Waals surface area contributed by atoms with Crippen LogP contribution in [0.15, 0.2) is 42.1 Å². The SMILES string of the molecule is S=PI.[3H]O[C@@H](C(=O)O[C@H]1C[C@@]2(O)[C@@H](C)[C@H]3[C@@](C)(CC[C@H]4OC[C@]43OC(C)=O)[C@@H]3O[C@H](C=C)O[C@@H]3C(=C1C)C2(C)C)[C@@H](NC)c1ccc(F)cn1. The van der Waals surface area contributed by atoms with E-state index in [9.17, 15) is 19.1 Å². The monoisotopic (exact) mass is 850 g/mol. The van der Waals surface area contributed by atoms with Gasteiger partial charge in [0.25, 0.3) is 0 Å². The van der Waals surface area contributed by atoms with Gasteiger partial charge in [0.05, 0.1) is 36.2 Å². The third kappa shape index (κ3) is 6.31. The minimum atomic E-state index is -1.51. The number of pyridine rings is 1. The average molecular weight is 851 g/mol. The van der Waals surface area contributed by atoms with Gasteiger partial charge in [-0.25, -0.2) is 9.18 Å². The van der Waals surface area contributed by atoms with Crippen molar-refractivity contribution in [3.8, 4) is 0 Å². The van der Waals surface area contributed by atoms with Gasteiger partial charge in [-0.05, 0) is 95.9 Å². The molecular weight excluding hydrogens is 801 g/mol. The molecule has 5 aliphatic rings. The van der Waals surface area contributed by atoms with Gasteiger partial charge in [0.2, 0.25) is 1.43 Å². The van der Waals surface area contributed by atoms with Crippen LogP contribution in [-0.2, 0) is 45.1 Å². The summed E-state index contributed by atoms with van der Waals surface area (Å²) in [6.45, 7) is 15.4. The molecule has 2 aliphatic heterocycles. The summed E-state index contributed by atoms with van der Waals surface area (Å²) in [7, 11) is 1.57. The first-order chi connectivity index (χ1) is 24.0. The first kappa shape index (κ1) is 38.2. The van der Waals surface area contributed by atoms with E-state index in [-0.39, 0.29) is 24.8 Å². The molecule has 6 rings (SSSR count). The molecular formula is C35H47FIN2O9PS. The van der Waals surface area contributed by atoms with Crippen LogP contribution in [0.5, 0.6) is 0 Å². The van der Waals surface area contributed by atoms with Crippen LogP contribution in [0.1, 0.15) is 72.5 Å². The van der Waals surface area contributed by atoms with Crippen molar-refractivity contribution in [2.45, 2.75) is 115 Å². The number of rotatable bonds is 8. The van der Waals surface area contributed by atoms with E-state index in [4.69, 9.17) is 30.2 Å². The van der Waals surface area contributed by atoms with Crippen LogP contribution in [0.25, 0.3) is 0 Å². The molecule has 3 heterocycles. The summed E-state index contributed by atoms with van der Waals surface area (Å²) in [6, 6.07) is 1.68. The summed E-state index contributed by atoms with van der Waals surface area (Å²) in [5.41, 5.74) is -2.31. The van der Waals surface area contributed by atoms with Gasteiger partial charge in [-0.15, -0.1) is 0 Å². The number of aromatic nitrogens is 1. The molecule has 1 aromatic rings. The highest BCUT2D eigenvalue weighted by atomic mass is 127. The van der Waals surface area contributed by atoms with Crippen LogP contribution >= 0.6 is 27.0 Å². The van der Waals surface area contributed by atoms with E-state index < -0.39 is 88.4 Å². The van der Waals surface area contributed by atoms with Crippen molar-refractivity contribution in [3.63, 3.8) is 0 Å². The Labute approximate surface area is 313 Å². The molecule has 3 N–H and O–H groups in total. The van der Waals surface area contributed by atoms with E-state index in [1.807, 2.05) is 27.7 Å². The number of fused-ring (bicyclic) bond motifs is 8. The molecule has 0 radical (unpaired) electrons. The Kier molecular flexibility index (Phi) is 11.3. The fourth-order valence-corrected chi connectivity index (χ4v) is 9.87. The fourth-order valence-electron chi connectivity index (χ4n) is 9.87. The van der Waals surface area contributed by atoms with Crippen LogP contribution < -0.4 is 5.32 Å². The van der Waals surface area contributed by atoms with Crippen molar-refractivity contribution in [1.29, 1.82) is 1.43 Å². The number of halogens is 2. The second kappa shape index (κ2) is 14.7. The summed E-state index contributed by atoms with van der Waals surface area (Å²) < 4.78 is 53.0. The molecule has 11 nitrogen and oxygen atoms in total. The predicted octanol–water partition coefficient (Wildman–Crippen LogP) is 5.04. The number of hydrogen-bond donors (Lipinski definition) is 3. The van der Waals surface area contributed by atoms with Crippen LogP contribution in [0.4, 0.5) is 4.39 Å². The van der Waals surface area contributed by atoms with Crippen molar-refractivity contribution >= 4 is 50.8 Å². The standard InChI is InChI=1S/C35H47FN2O9.IPS/c1-9-24-45-28-25-17(2)22(44-31(41)27(40)26(37-8)21-11-10-20(36)15-38-21)14-35(42,32(25,5)6)18(3)29-33(7,30(28)46-24)13-12-23-34(29,16-43-23)47-19(4)39;1-2-3/h9-11,15,18,22-24,26-30,37,40,42H,1,12-14,16H2,2-8H3;/t18-,22-,23+,24+,26-,27+,28+,29-,30+,33+,34-,35+;/m0./s1/i40T;. The van der Waals surface area contributed by atoms with E-state index in [2.05, 4.69) is 57.7 Å². The first-order valence-corrected chi connectivity index (χ1v) is 21.4. The largest absolute Gasteiger partial charge is 0.456 e. The molecule has 2 saturated carbocycles. The smallest absolute Gasteiger partial charge is 0.337 e. The summed E-state index contributed by atoms with van der Waals surface area (Å²) in [5.74, 6) is -2.78. The minimum absolute atomic E-state index is 0.0172. The lowest BCUT2D eigenvalue weighted by Gasteiger charge is -2.68. The van der Waals surface area contributed by atoms with E-state index in [0.29, 0.717) is 18.4 Å². The Morgan fingerprint density at radius 3 is 2.58 bits per heavy atom. The lowest BCUT2D eigenvalue weighted by molar-refractivity contribution is -0.337. The number of likely N-dealkylation sites (N-methyl/N-ethyl adjacent to an activating group) is 1. The maximum absolute atomic E-state index is 13.9. The zero-order valence-electron chi connectivity index (χ0n) is 30.3. The van der Waals surface area contributed by atoms with Crippen LogP contribution in [0, 0.1) is 28.5 Å². The minimum Gasteiger partial charge on any atom is -0.456 e. The van der Waals surface area contributed by atoms with Crippen molar-refractivity contribution < 1.29 is 47.9 Å². The molecule has 50 heavy (non-hydrogen) atoms. The Hall–Kier alpha value is -1.49. The number of ether oxygens (including phenoxy) is 5. The van der Waals surface area contributed by atoms with Gasteiger partial charge >= 0.3 is 11.9 Å². The van der Waals surface area contributed by atoms with Gasteiger partial charge in [-0.2, -0.15) is 0 Å². The summed E-state index contributed by atoms with van der Waals surface area (Å²) >= 11 is 6.43. The molecule has 0 aromatic carbocycles. The fraction of sp³-hybridized carbons (Fsp3) is 0.686. The number of nitrogens with one attached hydrogen (secondary N) is 1. The first-order valence-electron chi connectivity index (χ1n) is 17.1. The molecule has 276 valence electrons. The summed E-state index contributed by atoms with van der Waals surface area (Å²) in [4.78, 5) is 31.6. The van der Waals surface area contributed by atoms with E-state index in [0.717, 1.165) is 16.8 Å². The van der Waals surface area contributed by atoms with Gasteiger partial charge in [0.15, 0.2) is 18.0 Å². The molecule has 2 bridgehead atoms. The van der Waals surface area contributed by atoms with Crippen LogP contribution in [-0.4, -0.2) is 90.2 Å². The molecule has 4 fully saturated rings. The third-order valence-electron chi connectivity index (χ3n) is 12.1. The number of carbonyl (C=O) groups is 2. The van der Waals surface area contributed by atoms with Gasteiger partial charge in [0.1, 0.15) is 24.1 Å². The lowest BCUT2D eigenvalue weighted by atomic mass is 9.43. The summed E-state index contributed by atoms with van der Waals surface area (Å²) in [5, 5.41) is 21.0. The van der Waals surface area contributed by atoms with Gasteiger partial charge in [0, 0.05) is 35.1 Å². The Balaban J connectivity index is 0.00000162. The highest BCUT2D eigenvalue weighted by Gasteiger charge is 2.75. The van der Waals surface area contributed by atoms with Gasteiger partial charge < -0.3 is 39.2 Å². The number of nitrogens with zero attached hydrogens (tertiary/aromatic N) is 1. The number of aliphatic hydroxyl groups is 2. The van der Waals surface area contributed by atoms with Crippen molar-refractivity contribution in [3.05, 3.63) is 53.6 Å². The van der Waals surface area contributed by atoms with Gasteiger partial charge in [-0.3, -0.25) is 9.78 Å². The molecule has 12 atom stereocenters. The molecule has 3 aliphatic carbocycles. The second-order valence-corrected chi connectivity index (χ2v) is 18.9. The van der Waals surface area contributed by atoms with Crippen LogP contribution in [0.2, 0.25) is 0 Å². The van der Waals surface area contributed by atoms with Gasteiger partial charge in [-0.1, -0.05) is 34.3 Å². The highest BCUT2D eigenvalue weighted by Crippen LogP contribution is 2.67. The lowest BCUT2D eigenvalue weighted by Crippen LogP contribution is -2.77. The van der Waals surface area contributed by atoms with E-state index in [1.165, 1.54) is 19.1 Å². The molecule has 1 aromatic heterocycles. The molecule has 0 amide bonds. The second-order valence-electron chi connectivity index (χ2n) is 14.8. The Bertz CT molecular complexity index is 1560. The predicted molar refractivity (Wildman–Crippen MR) is 194 cm³/mol. The molecule has 15 heteroatoms. The van der Waals surface area contributed by atoms with Crippen LogP contribution in [0.3, 0.4) is 0 Å². The molecule has 0 spiro atoms. The quantitative estimate of drug-likeness (QED) is 0.140. The van der Waals surface area contributed by atoms with Crippen molar-refractivity contribution in [1.82, 2.24) is 10.3 Å². The maximum atomic E-state index is 13.9. The molecule has 2 saturated heterocycles. The summed E-state index contributed by atoms with van der Waals surface area (Å²) in [6.07, 6.45) is -0.713. The maximum Gasteiger partial charge on any atom is 0.337 e. The number of esters is 2. The number of hydrogen-bond acceptors (Lipinski definition) is 12. The zero-order chi connectivity index (χ0) is 37.7. The van der Waals surface area contributed by atoms with E-state index in [1.54, 1.807) is 13.1 Å². The Morgan fingerprint density at radius 2 is 2.04 bits per heavy atom. The normalized spacial score (nSPS) is 39.7. The molecule has 0 unspecified atom stereocenters. The van der Waals surface area contributed by atoms with Crippen molar-refractivity contribution in [2.75, 3.05) is 13.7 Å². The van der Waals surface area contributed by atoms with Crippen molar-refractivity contribution in [2.24, 2.45) is 22.7 Å². The highest BCUT2D eigenvalue weighted by molar-refractivity contribution is 14.2. The van der Waals surface area contributed by atoms with E-state index >= 15 is 0 Å².